The highest BCUT2D eigenvalue weighted by molar-refractivity contribution is 5.77. The molecule has 0 saturated carbocycles. The monoisotopic (exact) mass is 424 g/mol. The minimum Gasteiger partial charge on any atom is -0.375 e. The van der Waals surface area contributed by atoms with Crippen molar-refractivity contribution in [1.29, 1.82) is 0 Å². The summed E-state index contributed by atoms with van der Waals surface area (Å²) in [6, 6.07) is 6.61. The van der Waals surface area contributed by atoms with Gasteiger partial charge in [-0.05, 0) is 38.3 Å². The van der Waals surface area contributed by atoms with Crippen molar-refractivity contribution in [3.05, 3.63) is 52.0 Å². The fourth-order valence-corrected chi connectivity index (χ4v) is 4.04. The van der Waals surface area contributed by atoms with Crippen molar-refractivity contribution in [2.24, 2.45) is 0 Å². The van der Waals surface area contributed by atoms with E-state index in [9.17, 15) is 4.79 Å². The summed E-state index contributed by atoms with van der Waals surface area (Å²) < 4.78 is 5.02. The second kappa shape index (κ2) is 10.2. The van der Waals surface area contributed by atoms with Crippen LogP contribution in [0.15, 0.2) is 18.2 Å². The van der Waals surface area contributed by atoms with Crippen LogP contribution in [0.4, 0.5) is 5.82 Å². The lowest BCUT2D eigenvalue weighted by molar-refractivity contribution is -0.135. The van der Waals surface area contributed by atoms with Gasteiger partial charge >= 0.3 is 0 Å². The van der Waals surface area contributed by atoms with E-state index in [1.807, 2.05) is 4.90 Å². The van der Waals surface area contributed by atoms with Gasteiger partial charge in [0, 0.05) is 56.9 Å². The summed E-state index contributed by atoms with van der Waals surface area (Å²) in [6.45, 7) is 13.8. The number of hydrogen-bond acceptors (Lipinski definition) is 5. The zero-order valence-corrected chi connectivity index (χ0v) is 19.9. The van der Waals surface area contributed by atoms with E-state index in [-0.39, 0.29) is 12.5 Å². The van der Waals surface area contributed by atoms with Gasteiger partial charge in [0.2, 0.25) is 5.91 Å². The maximum atomic E-state index is 12.2. The molecule has 0 bridgehead atoms. The van der Waals surface area contributed by atoms with Crippen LogP contribution in [0.2, 0.25) is 0 Å². The second-order valence-electron chi connectivity index (χ2n) is 8.69. The highest BCUT2D eigenvalue weighted by Crippen LogP contribution is 2.29. The molecule has 0 radical (unpaired) electrons. The Morgan fingerprint density at radius 3 is 2.48 bits per heavy atom. The Labute approximate surface area is 186 Å². The second-order valence-corrected chi connectivity index (χ2v) is 8.69. The number of hydrogen-bond donors (Lipinski definition) is 0. The molecule has 6 nitrogen and oxygen atoms in total. The quantitative estimate of drug-likeness (QED) is 0.677. The average Bonchev–Trinajstić information content (AvgIpc) is 2.77. The molecule has 1 aromatic carbocycles. The van der Waals surface area contributed by atoms with E-state index in [0.29, 0.717) is 19.0 Å². The van der Waals surface area contributed by atoms with Gasteiger partial charge in [-0.25, -0.2) is 9.97 Å². The molecule has 2 aromatic rings. The van der Waals surface area contributed by atoms with Gasteiger partial charge in [0.25, 0.3) is 0 Å². The molecule has 0 spiro atoms. The number of carbonyl (C=O) groups is 1. The molecule has 1 atom stereocenters. The van der Waals surface area contributed by atoms with Gasteiger partial charge < -0.3 is 14.5 Å². The van der Waals surface area contributed by atoms with Gasteiger partial charge in [-0.2, -0.15) is 0 Å². The first kappa shape index (κ1) is 23.2. The smallest absolute Gasteiger partial charge is 0.248 e. The summed E-state index contributed by atoms with van der Waals surface area (Å²) in [5.74, 6) is 2.31. The van der Waals surface area contributed by atoms with E-state index in [1.165, 1.54) is 22.3 Å². The van der Waals surface area contributed by atoms with Crippen molar-refractivity contribution < 1.29 is 9.53 Å². The molecule has 168 valence electrons. The van der Waals surface area contributed by atoms with Crippen LogP contribution in [0.5, 0.6) is 0 Å². The third kappa shape index (κ3) is 5.42. The number of aryl methyl sites for hydroxylation is 3. The van der Waals surface area contributed by atoms with E-state index in [1.54, 1.807) is 7.11 Å². The van der Waals surface area contributed by atoms with Crippen LogP contribution in [0.1, 0.15) is 60.0 Å². The number of rotatable bonds is 7. The molecule has 1 aromatic heterocycles. The molecule has 0 unspecified atom stereocenters. The van der Waals surface area contributed by atoms with Crippen LogP contribution in [0.25, 0.3) is 0 Å². The van der Waals surface area contributed by atoms with Crippen molar-refractivity contribution >= 4 is 11.7 Å². The minimum absolute atomic E-state index is 0.0527. The van der Waals surface area contributed by atoms with Crippen LogP contribution >= 0.6 is 0 Å². The normalized spacial score (nSPS) is 15.3. The Bertz CT molecular complexity index is 920. The Kier molecular flexibility index (Phi) is 7.65. The fraction of sp³-hybridized carbons (Fsp3) is 0.560. The van der Waals surface area contributed by atoms with Crippen LogP contribution in [0, 0.1) is 20.8 Å². The zero-order chi connectivity index (χ0) is 22.5. The van der Waals surface area contributed by atoms with Crippen molar-refractivity contribution in [3.63, 3.8) is 0 Å². The Morgan fingerprint density at radius 1 is 1.13 bits per heavy atom. The molecule has 0 N–H and O–H groups in total. The number of nitrogens with zero attached hydrogens (tertiary/aromatic N) is 4. The van der Waals surface area contributed by atoms with Gasteiger partial charge in [-0.3, -0.25) is 4.79 Å². The molecular formula is C25H36N4O2. The molecule has 1 aliphatic rings. The summed E-state index contributed by atoms with van der Waals surface area (Å²) in [6.07, 6.45) is 1.83. The number of piperazine rings is 1. The van der Waals surface area contributed by atoms with E-state index in [2.05, 4.69) is 57.7 Å². The third-order valence-electron chi connectivity index (χ3n) is 6.33. The largest absolute Gasteiger partial charge is 0.375 e. The summed E-state index contributed by atoms with van der Waals surface area (Å²) in [4.78, 5) is 26.4. The molecule has 0 aliphatic carbocycles. The van der Waals surface area contributed by atoms with Crippen molar-refractivity contribution in [1.82, 2.24) is 14.9 Å². The highest BCUT2D eigenvalue weighted by atomic mass is 16.5. The third-order valence-corrected chi connectivity index (χ3v) is 6.33. The van der Waals surface area contributed by atoms with Gasteiger partial charge in [-0.1, -0.05) is 37.6 Å². The van der Waals surface area contributed by atoms with Gasteiger partial charge in [-0.15, -0.1) is 0 Å². The van der Waals surface area contributed by atoms with Crippen molar-refractivity contribution in [2.75, 3.05) is 44.8 Å². The maximum Gasteiger partial charge on any atom is 0.248 e. The minimum atomic E-state index is 0.0527. The number of aromatic nitrogens is 2. The van der Waals surface area contributed by atoms with E-state index in [0.717, 1.165) is 43.3 Å². The number of carbonyl (C=O) groups excluding carboxylic acids is 1. The Balaban J connectivity index is 1.94. The Hall–Kier alpha value is -2.47. The first-order chi connectivity index (χ1) is 14.8. The van der Waals surface area contributed by atoms with Gasteiger partial charge in [0.15, 0.2) is 0 Å². The number of amides is 1. The first-order valence-corrected chi connectivity index (χ1v) is 11.3. The SMILES string of the molecule is CC[C@H](C)c1nc(C)c(Cc2cc(C)ccc2C)c(N2CCN(C(=O)COC)CC2)n1. The summed E-state index contributed by atoms with van der Waals surface area (Å²) in [5.41, 5.74) is 6.12. The summed E-state index contributed by atoms with van der Waals surface area (Å²) >= 11 is 0. The number of ether oxygens (including phenoxy) is 1. The fourth-order valence-electron chi connectivity index (χ4n) is 4.04. The summed E-state index contributed by atoms with van der Waals surface area (Å²) in [5, 5.41) is 0. The number of benzene rings is 1. The molecule has 31 heavy (non-hydrogen) atoms. The number of anilines is 1. The van der Waals surface area contributed by atoms with Crippen LogP contribution in [-0.2, 0) is 16.0 Å². The lowest BCUT2D eigenvalue weighted by Gasteiger charge is -2.36. The average molecular weight is 425 g/mol. The van der Waals surface area contributed by atoms with Crippen molar-refractivity contribution in [3.8, 4) is 0 Å². The van der Waals surface area contributed by atoms with Crippen LogP contribution in [0.3, 0.4) is 0 Å². The molecule has 2 heterocycles. The Morgan fingerprint density at radius 2 is 1.84 bits per heavy atom. The van der Waals surface area contributed by atoms with E-state index in [4.69, 9.17) is 14.7 Å². The lowest BCUT2D eigenvalue weighted by atomic mass is 9.97. The molecule has 1 fully saturated rings. The predicted octanol–water partition coefficient (Wildman–Crippen LogP) is 3.80. The van der Waals surface area contributed by atoms with E-state index < -0.39 is 0 Å². The van der Waals surface area contributed by atoms with Crippen LogP contribution < -0.4 is 4.90 Å². The lowest BCUT2D eigenvalue weighted by Crippen LogP contribution is -2.50. The zero-order valence-electron chi connectivity index (χ0n) is 19.9. The summed E-state index contributed by atoms with van der Waals surface area (Å²) in [7, 11) is 1.56. The molecule has 3 rings (SSSR count). The van der Waals surface area contributed by atoms with Gasteiger partial charge in [0.05, 0.1) is 0 Å². The van der Waals surface area contributed by atoms with Crippen molar-refractivity contribution in [2.45, 2.75) is 53.4 Å². The van der Waals surface area contributed by atoms with E-state index >= 15 is 0 Å². The molecule has 1 aliphatic heterocycles. The highest BCUT2D eigenvalue weighted by Gasteiger charge is 2.25. The molecule has 1 amide bonds. The first-order valence-electron chi connectivity index (χ1n) is 11.3. The topological polar surface area (TPSA) is 58.6 Å². The molecule has 6 heteroatoms. The molecular weight excluding hydrogens is 388 g/mol. The molecule has 1 saturated heterocycles. The maximum absolute atomic E-state index is 12.2. The van der Waals surface area contributed by atoms with Crippen LogP contribution in [-0.4, -0.2) is 60.7 Å². The number of methoxy groups -OCH3 is 1. The standard InChI is InChI=1S/C25H36N4O2/c1-7-18(3)24-26-20(5)22(15-21-14-17(2)8-9-19(21)4)25(27-24)29-12-10-28(11-13-29)23(30)16-31-6/h8-9,14,18H,7,10-13,15-16H2,1-6H3/t18-/m0/s1. The van der Waals surface area contributed by atoms with Gasteiger partial charge in [0.1, 0.15) is 18.2 Å². The predicted molar refractivity (Wildman–Crippen MR) is 125 cm³/mol.